The molecule has 0 fully saturated rings. The summed E-state index contributed by atoms with van der Waals surface area (Å²) in [7, 11) is 0. The molecule has 1 rings (SSSR count). The van der Waals surface area contributed by atoms with E-state index in [1.54, 1.807) is 11.3 Å². The first-order valence-electron chi connectivity index (χ1n) is 6.97. The fourth-order valence-corrected chi connectivity index (χ4v) is 3.39. The summed E-state index contributed by atoms with van der Waals surface area (Å²) >= 11 is 1.79. The summed E-state index contributed by atoms with van der Waals surface area (Å²) in [4.78, 5) is 4.90. The van der Waals surface area contributed by atoms with Crippen molar-refractivity contribution in [3.63, 3.8) is 0 Å². The van der Waals surface area contributed by atoms with E-state index < -0.39 is 0 Å². The molecule has 0 spiro atoms. The molecule has 0 aliphatic rings. The Labute approximate surface area is 116 Å². The molecule has 0 saturated carbocycles. The molecule has 0 amide bonds. The van der Waals surface area contributed by atoms with Crippen LogP contribution in [0.25, 0.3) is 0 Å². The molecular weight excluding hydrogens is 240 g/mol. The van der Waals surface area contributed by atoms with Crippen LogP contribution in [0.4, 0.5) is 0 Å². The van der Waals surface area contributed by atoms with Crippen molar-refractivity contribution in [3.05, 3.63) is 16.1 Å². The molecule has 2 atom stereocenters. The Kier molecular flexibility index (Phi) is 4.96. The lowest BCUT2D eigenvalue weighted by molar-refractivity contribution is 0.245. The van der Waals surface area contributed by atoms with Crippen molar-refractivity contribution in [1.29, 1.82) is 0 Å². The van der Waals surface area contributed by atoms with Crippen molar-refractivity contribution < 1.29 is 0 Å². The standard InChI is InChI=1S/C15H28N2S/c1-8-11(3)15(7,16-9-2)13-17-12(10-18-13)14(4,5)6/h10-11,16H,8-9H2,1-7H3. The molecule has 0 aliphatic heterocycles. The van der Waals surface area contributed by atoms with E-state index in [0.29, 0.717) is 5.92 Å². The van der Waals surface area contributed by atoms with Crippen LogP contribution >= 0.6 is 11.3 Å². The molecule has 0 bridgehead atoms. The van der Waals surface area contributed by atoms with Gasteiger partial charge >= 0.3 is 0 Å². The number of nitrogens with zero attached hydrogens (tertiary/aromatic N) is 1. The SMILES string of the molecule is CCNC(C)(c1nc(C(C)(C)C)cs1)C(C)CC. The topological polar surface area (TPSA) is 24.9 Å². The summed E-state index contributed by atoms with van der Waals surface area (Å²) in [5, 5.41) is 7.08. The minimum atomic E-state index is -0.00231. The Morgan fingerprint density at radius 2 is 1.89 bits per heavy atom. The van der Waals surface area contributed by atoms with E-state index in [1.807, 2.05) is 0 Å². The van der Waals surface area contributed by atoms with Gasteiger partial charge in [-0.25, -0.2) is 4.98 Å². The van der Waals surface area contributed by atoms with Gasteiger partial charge in [-0.15, -0.1) is 11.3 Å². The molecule has 1 N–H and O–H groups in total. The van der Waals surface area contributed by atoms with Gasteiger partial charge in [0.1, 0.15) is 5.01 Å². The van der Waals surface area contributed by atoms with Crippen LogP contribution in [0.3, 0.4) is 0 Å². The average molecular weight is 268 g/mol. The highest BCUT2D eigenvalue weighted by Crippen LogP contribution is 2.35. The van der Waals surface area contributed by atoms with Gasteiger partial charge in [0.15, 0.2) is 0 Å². The minimum absolute atomic E-state index is 0.00231. The van der Waals surface area contributed by atoms with Gasteiger partial charge in [0.2, 0.25) is 0 Å². The van der Waals surface area contributed by atoms with Crippen LogP contribution in [-0.2, 0) is 11.0 Å². The highest BCUT2D eigenvalue weighted by atomic mass is 32.1. The lowest BCUT2D eigenvalue weighted by atomic mass is 9.85. The monoisotopic (exact) mass is 268 g/mol. The number of nitrogens with one attached hydrogen (secondary N) is 1. The summed E-state index contributed by atoms with van der Waals surface area (Å²) in [6, 6.07) is 0. The van der Waals surface area contributed by atoms with Crippen molar-refractivity contribution in [2.75, 3.05) is 6.54 Å². The summed E-state index contributed by atoms with van der Waals surface area (Å²) in [5.74, 6) is 0.580. The van der Waals surface area contributed by atoms with Crippen molar-refractivity contribution in [2.45, 2.75) is 65.8 Å². The Balaban J connectivity index is 3.11. The molecule has 0 aliphatic carbocycles. The fraction of sp³-hybridized carbons (Fsp3) is 0.800. The lowest BCUT2D eigenvalue weighted by Gasteiger charge is -2.34. The van der Waals surface area contributed by atoms with Gasteiger partial charge in [0, 0.05) is 10.8 Å². The minimum Gasteiger partial charge on any atom is -0.306 e. The summed E-state index contributed by atoms with van der Waals surface area (Å²) in [5.41, 5.74) is 1.34. The van der Waals surface area contributed by atoms with Crippen LogP contribution in [0.5, 0.6) is 0 Å². The van der Waals surface area contributed by atoms with Gasteiger partial charge in [-0.3, -0.25) is 0 Å². The van der Waals surface area contributed by atoms with E-state index in [4.69, 9.17) is 4.98 Å². The highest BCUT2D eigenvalue weighted by Gasteiger charge is 2.35. The Morgan fingerprint density at radius 1 is 1.28 bits per heavy atom. The van der Waals surface area contributed by atoms with Crippen LogP contribution in [0, 0.1) is 5.92 Å². The molecule has 18 heavy (non-hydrogen) atoms. The average Bonchev–Trinajstić information content (AvgIpc) is 2.77. The zero-order valence-corrected chi connectivity index (χ0v) is 13.7. The molecule has 2 unspecified atom stereocenters. The van der Waals surface area contributed by atoms with Gasteiger partial charge in [0.05, 0.1) is 11.2 Å². The largest absolute Gasteiger partial charge is 0.306 e. The second kappa shape index (κ2) is 5.70. The van der Waals surface area contributed by atoms with Gasteiger partial charge in [-0.1, -0.05) is 48.0 Å². The zero-order valence-electron chi connectivity index (χ0n) is 12.9. The van der Waals surface area contributed by atoms with Crippen LogP contribution < -0.4 is 5.32 Å². The molecule has 0 radical (unpaired) electrons. The van der Waals surface area contributed by atoms with Crippen LogP contribution in [0.15, 0.2) is 5.38 Å². The maximum Gasteiger partial charge on any atom is 0.113 e. The molecule has 104 valence electrons. The van der Waals surface area contributed by atoms with Crippen molar-refractivity contribution in [3.8, 4) is 0 Å². The Bertz CT molecular complexity index is 378. The maximum atomic E-state index is 4.90. The fourth-order valence-electron chi connectivity index (χ4n) is 2.09. The quantitative estimate of drug-likeness (QED) is 0.860. The van der Waals surface area contributed by atoms with Crippen LogP contribution in [0.1, 0.15) is 65.6 Å². The summed E-state index contributed by atoms with van der Waals surface area (Å²) < 4.78 is 0. The Morgan fingerprint density at radius 3 is 2.28 bits per heavy atom. The lowest BCUT2D eigenvalue weighted by Crippen LogP contribution is -2.44. The second-order valence-corrected chi connectivity index (χ2v) is 7.19. The second-order valence-electron chi connectivity index (χ2n) is 6.33. The smallest absolute Gasteiger partial charge is 0.113 e. The Hall–Kier alpha value is -0.410. The van der Waals surface area contributed by atoms with Gasteiger partial charge in [-0.05, 0) is 19.4 Å². The summed E-state index contributed by atoms with van der Waals surface area (Å²) in [6.07, 6.45) is 1.16. The van der Waals surface area contributed by atoms with Crippen LogP contribution in [-0.4, -0.2) is 11.5 Å². The van der Waals surface area contributed by atoms with E-state index in [1.165, 1.54) is 10.7 Å². The molecule has 0 saturated heterocycles. The predicted octanol–water partition coefficient (Wildman–Crippen LogP) is 4.31. The third-order valence-corrected chi connectivity index (χ3v) is 4.94. The van der Waals surface area contributed by atoms with Gasteiger partial charge in [-0.2, -0.15) is 0 Å². The predicted molar refractivity (Wildman–Crippen MR) is 81.3 cm³/mol. The van der Waals surface area contributed by atoms with E-state index in [0.717, 1.165) is 13.0 Å². The van der Waals surface area contributed by atoms with Crippen molar-refractivity contribution >= 4 is 11.3 Å². The van der Waals surface area contributed by atoms with Crippen molar-refractivity contribution in [1.82, 2.24) is 10.3 Å². The van der Waals surface area contributed by atoms with Crippen LogP contribution in [0.2, 0.25) is 0 Å². The third-order valence-electron chi connectivity index (χ3n) is 3.86. The number of aromatic nitrogens is 1. The molecule has 1 aromatic rings. The molecule has 1 heterocycles. The molecular formula is C15H28N2S. The number of rotatable bonds is 5. The molecule has 3 heteroatoms. The van der Waals surface area contributed by atoms with Gasteiger partial charge in [0.25, 0.3) is 0 Å². The first-order chi connectivity index (χ1) is 8.25. The first kappa shape index (κ1) is 15.6. The normalized spacial score (nSPS) is 17.5. The van der Waals surface area contributed by atoms with E-state index in [2.05, 4.69) is 59.2 Å². The maximum absolute atomic E-state index is 4.90. The van der Waals surface area contributed by atoms with E-state index in [-0.39, 0.29) is 11.0 Å². The molecule has 0 aromatic carbocycles. The molecule has 1 aromatic heterocycles. The highest BCUT2D eigenvalue weighted by molar-refractivity contribution is 7.09. The zero-order chi connectivity index (χ0) is 14.0. The first-order valence-corrected chi connectivity index (χ1v) is 7.85. The van der Waals surface area contributed by atoms with E-state index in [9.17, 15) is 0 Å². The van der Waals surface area contributed by atoms with E-state index >= 15 is 0 Å². The summed E-state index contributed by atoms with van der Waals surface area (Å²) in [6.45, 7) is 16.7. The number of hydrogen-bond acceptors (Lipinski definition) is 3. The third kappa shape index (κ3) is 3.12. The molecule has 2 nitrogen and oxygen atoms in total. The van der Waals surface area contributed by atoms with Gasteiger partial charge < -0.3 is 5.32 Å². The van der Waals surface area contributed by atoms with Crippen molar-refractivity contribution in [2.24, 2.45) is 5.92 Å². The number of thiazole rings is 1. The number of hydrogen-bond donors (Lipinski definition) is 1.